The first kappa shape index (κ1) is 23.1. The molecule has 32 heavy (non-hydrogen) atoms. The summed E-state index contributed by atoms with van der Waals surface area (Å²) in [7, 11) is 2.18. The summed E-state index contributed by atoms with van der Waals surface area (Å²) in [6.45, 7) is 0. The second-order valence-corrected chi connectivity index (χ2v) is 9.85. The number of carbonyl (C=O) groups excluding carboxylic acids is 2. The molecule has 2 saturated heterocycles. The first-order valence-corrected chi connectivity index (χ1v) is 11.9. The van der Waals surface area contributed by atoms with Gasteiger partial charge in [-0.15, -0.1) is 0 Å². The number of fused-ring (bicyclic) bond motifs is 2. The van der Waals surface area contributed by atoms with Gasteiger partial charge in [-0.2, -0.15) is 0 Å². The average molecular weight is 474 g/mol. The van der Waals surface area contributed by atoms with Gasteiger partial charge in [-0.1, -0.05) is 47.5 Å². The van der Waals surface area contributed by atoms with Gasteiger partial charge in [-0.25, -0.2) is 0 Å². The number of hydrogen-bond acceptors (Lipinski definition) is 3. The molecule has 5 nitrogen and oxygen atoms in total. The van der Waals surface area contributed by atoms with Crippen molar-refractivity contribution in [2.75, 3.05) is 7.05 Å². The molecular weight excluding hydrogens is 445 g/mol. The van der Waals surface area contributed by atoms with Crippen LogP contribution in [0.5, 0.6) is 0 Å². The van der Waals surface area contributed by atoms with E-state index < -0.39 is 6.04 Å². The van der Waals surface area contributed by atoms with Crippen molar-refractivity contribution in [1.82, 2.24) is 15.5 Å². The number of nitrogens with one attached hydrogen (secondary N) is 2. The predicted octanol–water partition coefficient (Wildman–Crippen LogP) is 4.00. The van der Waals surface area contributed by atoms with Crippen molar-refractivity contribution in [3.8, 4) is 0 Å². The van der Waals surface area contributed by atoms with E-state index in [-0.39, 0.29) is 24.3 Å². The smallest absolute Gasteiger partial charge is 0.243 e. The van der Waals surface area contributed by atoms with Gasteiger partial charge in [0.05, 0.1) is 6.42 Å². The third-order valence-electron chi connectivity index (χ3n) is 6.73. The largest absolute Gasteiger partial charge is 0.351 e. The third-order valence-corrected chi connectivity index (χ3v) is 7.23. The van der Waals surface area contributed by atoms with Gasteiger partial charge in [0.15, 0.2) is 0 Å². The van der Waals surface area contributed by atoms with Gasteiger partial charge in [-0.3, -0.25) is 9.59 Å². The van der Waals surface area contributed by atoms with Crippen molar-refractivity contribution in [1.29, 1.82) is 0 Å². The van der Waals surface area contributed by atoms with E-state index in [1.54, 1.807) is 24.3 Å². The number of benzene rings is 2. The van der Waals surface area contributed by atoms with Gasteiger partial charge in [-0.05, 0) is 68.1 Å². The molecule has 0 aromatic heterocycles. The summed E-state index contributed by atoms with van der Waals surface area (Å²) >= 11 is 11.9. The van der Waals surface area contributed by atoms with E-state index >= 15 is 0 Å². The van der Waals surface area contributed by atoms with Crippen LogP contribution in [0.2, 0.25) is 10.0 Å². The van der Waals surface area contributed by atoms with Crippen LogP contribution in [0.1, 0.15) is 36.8 Å². The highest BCUT2D eigenvalue weighted by atomic mass is 35.5. The van der Waals surface area contributed by atoms with Crippen LogP contribution in [0.3, 0.4) is 0 Å². The molecule has 2 aliphatic rings. The van der Waals surface area contributed by atoms with Crippen LogP contribution in [-0.4, -0.2) is 47.9 Å². The second-order valence-electron chi connectivity index (χ2n) is 8.98. The third kappa shape index (κ3) is 5.83. The molecule has 0 saturated carbocycles. The monoisotopic (exact) mass is 473 g/mol. The SMILES string of the molecule is CN1[C@@H]2CC[C@H]1CC(NC(=O)C(Cc1ccc(Cl)cc1)NC(=O)Cc1ccc(Cl)cc1)C2. The number of hydrogen-bond donors (Lipinski definition) is 2. The van der Waals surface area contributed by atoms with Crippen molar-refractivity contribution in [2.45, 2.75) is 62.7 Å². The van der Waals surface area contributed by atoms with Gasteiger partial charge in [0.1, 0.15) is 6.04 Å². The Bertz CT molecular complexity index is 935. The number of halogens is 2. The molecule has 2 fully saturated rings. The molecular formula is C25H29Cl2N3O2. The Morgan fingerprint density at radius 2 is 1.47 bits per heavy atom. The summed E-state index contributed by atoms with van der Waals surface area (Å²) < 4.78 is 0. The molecule has 170 valence electrons. The fraction of sp³-hybridized carbons (Fsp3) is 0.440. The maximum Gasteiger partial charge on any atom is 0.243 e. The first-order chi connectivity index (χ1) is 15.4. The molecule has 2 aliphatic heterocycles. The van der Waals surface area contributed by atoms with Gasteiger partial charge < -0.3 is 15.5 Å². The average Bonchev–Trinajstić information content (AvgIpc) is 2.97. The predicted molar refractivity (Wildman–Crippen MR) is 128 cm³/mol. The molecule has 2 bridgehead atoms. The molecule has 2 aromatic carbocycles. The Balaban J connectivity index is 1.42. The number of amides is 2. The van der Waals surface area contributed by atoms with Crippen LogP contribution in [0, 0.1) is 0 Å². The second kappa shape index (κ2) is 10.2. The number of piperidine rings is 1. The van der Waals surface area contributed by atoms with E-state index in [1.807, 2.05) is 24.3 Å². The maximum atomic E-state index is 13.2. The zero-order valence-corrected chi connectivity index (χ0v) is 19.7. The number of carbonyl (C=O) groups is 2. The van der Waals surface area contributed by atoms with Gasteiger partial charge in [0.25, 0.3) is 0 Å². The molecule has 2 aromatic rings. The minimum atomic E-state index is -0.645. The zero-order valence-electron chi connectivity index (χ0n) is 18.2. The van der Waals surface area contributed by atoms with E-state index in [1.165, 1.54) is 12.8 Å². The van der Waals surface area contributed by atoms with Crippen molar-refractivity contribution < 1.29 is 9.59 Å². The number of nitrogens with zero attached hydrogens (tertiary/aromatic N) is 1. The summed E-state index contributed by atoms with van der Waals surface area (Å²) in [6.07, 6.45) is 4.92. The molecule has 7 heteroatoms. The molecule has 0 aliphatic carbocycles. The minimum absolute atomic E-state index is 0.127. The Morgan fingerprint density at radius 3 is 2.03 bits per heavy atom. The van der Waals surface area contributed by atoms with E-state index in [2.05, 4.69) is 22.6 Å². The van der Waals surface area contributed by atoms with E-state index in [0.29, 0.717) is 28.5 Å². The Labute approximate surface area is 199 Å². The van der Waals surface area contributed by atoms with Gasteiger partial charge >= 0.3 is 0 Å². The van der Waals surface area contributed by atoms with Crippen LogP contribution in [-0.2, 0) is 22.4 Å². The molecule has 0 spiro atoms. The van der Waals surface area contributed by atoms with Crippen LogP contribution < -0.4 is 10.6 Å². The van der Waals surface area contributed by atoms with Crippen molar-refractivity contribution in [3.63, 3.8) is 0 Å². The van der Waals surface area contributed by atoms with Crippen molar-refractivity contribution >= 4 is 35.0 Å². The molecule has 2 amide bonds. The van der Waals surface area contributed by atoms with Gasteiger partial charge in [0, 0.05) is 34.6 Å². The van der Waals surface area contributed by atoms with E-state index in [9.17, 15) is 9.59 Å². The Kier molecular flexibility index (Phi) is 7.39. The van der Waals surface area contributed by atoms with E-state index in [4.69, 9.17) is 23.2 Å². The Hall–Kier alpha value is -2.08. The fourth-order valence-corrected chi connectivity index (χ4v) is 5.18. The van der Waals surface area contributed by atoms with Crippen LogP contribution in [0.4, 0.5) is 0 Å². The van der Waals surface area contributed by atoms with Gasteiger partial charge in [0.2, 0.25) is 11.8 Å². The molecule has 0 radical (unpaired) electrons. The van der Waals surface area contributed by atoms with Crippen molar-refractivity contribution in [3.05, 3.63) is 69.7 Å². The quantitative estimate of drug-likeness (QED) is 0.638. The van der Waals surface area contributed by atoms with Crippen LogP contribution >= 0.6 is 23.2 Å². The number of rotatable bonds is 7. The zero-order chi connectivity index (χ0) is 22.7. The topological polar surface area (TPSA) is 61.4 Å². The highest BCUT2D eigenvalue weighted by Gasteiger charge is 2.39. The Morgan fingerprint density at radius 1 is 0.938 bits per heavy atom. The lowest BCUT2D eigenvalue weighted by Gasteiger charge is -2.37. The summed E-state index contributed by atoms with van der Waals surface area (Å²) in [5.41, 5.74) is 1.80. The molecule has 2 unspecified atom stereocenters. The molecule has 2 heterocycles. The van der Waals surface area contributed by atoms with Crippen LogP contribution in [0.25, 0.3) is 0 Å². The lowest BCUT2D eigenvalue weighted by Crippen LogP contribution is -2.54. The standard InChI is InChI=1S/C25H29Cl2N3O2/c1-30-21-10-11-22(30)15-20(14-21)28-25(32)23(12-16-2-6-18(26)7-3-16)29-24(31)13-17-4-8-19(27)9-5-17/h2-9,20-23H,10-15H2,1H3,(H,28,32)(H,29,31)/t20?,21-,22+,23?. The lowest BCUT2D eigenvalue weighted by atomic mass is 9.97. The highest BCUT2D eigenvalue weighted by Crippen LogP contribution is 2.34. The highest BCUT2D eigenvalue weighted by molar-refractivity contribution is 6.30. The molecule has 2 N–H and O–H groups in total. The first-order valence-electron chi connectivity index (χ1n) is 11.2. The maximum absolute atomic E-state index is 13.2. The fourth-order valence-electron chi connectivity index (χ4n) is 4.93. The lowest BCUT2D eigenvalue weighted by molar-refractivity contribution is -0.129. The minimum Gasteiger partial charge on any atom is -0.351 e. The summed E-state index contributed by atoms with van der Waals surface area (Å²) in [5.74, 6) is -0.316. The molecule has 4 atom stereocenters. The normalized spacial score (nSPS) is 23.5. The van der Waals surface area contributed by atoms with Crippen LogP contribution in [0.15, 0.2) is 48.5 Å². The summed E-state index contributed by atoms with van der Waals surface area (Å²) in [5, 5.41) is 7.44. The van der Waals surface area contributed by atoms with E-state index in [0.717, 1.165) is 24.0 Å². The van der Waals surface area contributed by atoms with Crippen molar-refractivity contribution in [2.24, 2.45) is 0 Å². The summed E-state index contributed by atoms with van der Waals surface area (Å²) in [6, 6.07) is 15.1. The summed E-state index contributed by atoms with van der Waals surface area (Å²) in [4.78, 5) is 28.4. The molecule has 4 rings (SSSR count).